The molecular formula is C23H32N2O2S. The van der Waals surface area contributed by atoms with Gasteiger partial charge in [0.1, 0.15) is 0 Å². The van der Waals surface area contributed by atoms with Crippen molar-refractivity contribution in [3.05, 3.63) is 34.9 Å². The van der Waals surface area contributed by atoms with Gasteiger partial charge in [-0.15, -0.1) is 0 Å². The molecule has 1 atom stereocenters. The zero-order valence-corrected chi connectivity index (χ0v) is 18.5. The van der Waals surface area contributed by atoms with Gasteiger partial charge in [-0.25, -0.2) is 0 Å². The van der Waals surface area contributed by atoms with Gasteiger partial charge in [0.05, 0.1) is 6.10 Å². The van der Waals surface area contributed by atoms with Crippen molar-refractivity contribution in [2.75, 3.05) is 7.11 Å². The number of methoxy groups -OCH3 is 1. The van der Waals surface area contributed by atoms with Crippen LogP contribution in [0.5, 0.6) is 0 Å². The molecule has 5 heteroatoms. The number of carbonyl (C=O) groups excluding carboxylic acids is 1. The summed E-state index contributed by atoms with van der Waals surface area (Å²) in [5.74, 6) is 0.566. The number of hydrogen-bond donors (Lipinski definition) is 1. The third-order valence-electron chi connectivity index (χ3n) is 7.32. The van der Waals surface area contributed by atoms with Crippen LogP contribution < -0.4 is 5.32 Å². The van der Waals surface area contributed by atoms with E-state index in [-0.39, 0.29) is 17.4 Å². The maximum atomic E-state index is 14.0. The summed E-state index contributed by atoms with van der Waals surface area (Å²) in [6, 6.07) is 6.81. The average molecular weight is 401 g/mol. The third kappa shape index (κ3) is 2.58. The summed E-state index contributed by atoms with van der Waals surface area (Å²) in [6.45, 7) is 8.50. The minimum Gasteiger partial charge on any atom is -0.381 e. The van der Waals surface area contributed by atoms with Crippen molar-refractivity contribution in [3.8, 4) is 0 Å². The Bertz CT molecular complexity index is 811. The van der Waals surface area contributed by atoms with Crippen molar-refractivity contribution in [2.45, 2.75) is 83.4 Å². The lowest BCUT2D eigenvalue weighted by molar-refractivity contribution is -0.139. The molecule has 2 aliphatic carbocycles. The number of thiocarbonyl (C=S) groups is 1. The number of nitrogens with one attached hydrogen (secondary N) is 1. The van der Waals surface area contributed by atoms with E-state index in [1.807, 2.05) is 13.8 Å². The molecule has 1 unspecified atom stereocenters. The lowest BCUT2D eigenvalue weighted by Crippen LogP contribution is -2.57. The van der Waals surface area contributed by atoms with Gasteiger partial charge in [-0.3, -0.25) is 9.69 Å². The molecule has 1 aromatic carbocycles. The first-order chi connectivity index (χ1) is 13.3. The quantitative estimate of drug-likeness (QED) is 0.770. The van der Waals surface area contributed by atoms with Crippen molar-refractivity contribution in [2.24, 2.45) is 5.41 Å². The molecule has 152 valence electrons. The molecule has 0 radical (unpaired) electrons. The molecule has 1 amide bonds. The molecule has 1 aromatic rings. The summed E-state index contributed by atoms with van der Waals surface area (Å²) >= 11 is 5.68. The van der Waals surface area contributed by atoms with Gasteiger partial charge in [0, 0.05) is 18.6 Å². The van der Waals surface area contributed by atoms with Gasteiger partial charge in [-0.05, 0) is 80.8 Å². The van der Waals surface area contributed by atoms with E-state index in [1.54, 1.807) is 12.0 Å². The number of benzene rings is 1. The molecule has 2 fully saturated rings. The summed E-state index contributed by atoms with van der Waals surface area (Å²) in [6.07, 6.45) is 5.17. The summed E-state index contributed by atoms with van der Waals surface area (Å²) in [4.78, 5) is 15.8. The van der Waals surface area contributed by atoms with Gasteiger partial charge >= 0.3 is 0 Å². The highest BCUT2D eigenvalue weighted by Gasteiger charge is 2.67. The monoisotopic (exact) mass is 400 g/mol. The van der Waals surface area contributed by atoms with Crippen molar-refractivity contribution < 1.29 is 9.53 Å². The van der Waals surface area contributed by atoms with Crippen LogP contribution in [0.3, 0.4) is 0 Å². The predicted octanol–water partition coefficient (Wildman–Crippen LogP) is 4.26. The normalized spacial score (nSPS) is 32.1. The fraction of sp³-hybridized carbons (Fsp3) is 0.652. The molecule has 3 aliphatic rings. The minimum atomic E-state index is -0.729. The van der Waals surface area contributed by atoms with E-state index in [9.17, 15) is 4.79 Å². The molecule has 1 saturated carbocycles. The molecule has 0 bridgehead atoms. The summed E-state index contributed by atoms with van der Waals surface area (Å²) < 4.78 is 5.64. The Kier molecular flexibility index (Phi) is 4.82. The first-order valence-corrected chi connectivity index (χ1v) is 11.0. The molecule has 1 aliphatic heterocycles. The fourth-order valence-corrected chi connectivity index (χ4v) is 6.18. The Morgan fingerprint density at radius 2 is 1.89 bits per heavy atom. The van der Waals surface area contributed by atoms with E-state index in [4.69, 9.17) is 17.0 Å². The lowest BCUT2D eigenvalue weighted by Gasteiger charge is -2.46. The second-order valence-corrected chi connectivity index (χ2v) is 9.80. The van der Waals surface area contributed by atoms with Crippen LogP contribution in [0.2, 0.25) is 0 Å². The van der Waals surface area contributed by atoms with Gasteiger partial charge in [-0.2, -0.15) is 0 Å². The van der Waals surface area contributed by atoms with E-state index < -0.39 is 5.54 Å². The van der Waals surface area contributed by atoms with Gasteiger partial charge in [0.25, 0.3) is 5.91 Å². The van der Waals surface area contributed by atoms with Gasteiger partial charge in [0.15, 0.2) is 10.7 Å². The second kappa shape index (κ2) is 6.81. The highest BCUT2D eigenvalue weighted by molar-refractivity contribution is 7.80. The Morgan fingerprint density at radius 3 is 2.43 bits per heavy atom. The van der Waals surface area contributed by atoms with Gasteiger partial charge < -0.3 is 10.1 Å². The maximum Gasteiger partial charge on any atom is 0.259 e. The SMILES string of the molecule is COC1CCC2(CC1)Cc1ccc(C(C)C)cc1C21NC(=S)N(C(C)C)C1=O. The maximum absolute atomic E-state index is 14.0. The van der Waals surface area contributed by atoms with Crippen LogP contribution >= 0.6 is 12.2 Å². The molecule has 4 rings (SSSR count). The van der Waals surface area contributed by atoms with E-state index in [0.717, 1.165) is 37.7 Å². The predicted molar refractivity (Wildman–Crippen MR) is 115 cm³/mol. The number of rotatable bonds is 3. The van der Waals surface area contributed by atoms with Crippen LogP contribution in [0, 0.1) is 5.41 Å². The third-order valence-corrected chi connectivity index (χ3v) is 7.62. The molecule has 4 nitrogen and oxygen atoms in total. The van der Waals surface area contributed by atoms with Crippen molar-refractivity contribution >= 4 is 23.2 Å². The van der Waals surface area contributed by atoms with E-state index in [0.29, 0.717) is 17.1 Å². The molecular weight excluding hydrogens is 368 g/mol. The molecule has 28 heavy (non-hydrogen) atoms. The second-order valence-electron chi connectivity index (χ2n) is 9.41. The Morgan fingerprint density at radius 1 is 1.21 bits per heavy atom. The fourth-order valence-electron chi connectivity index (χ4n) is 5.73. The molecule has 1 saturated heterocycles. The summed E-state index contributed by atoms with van der Waals surface area (Å²) in [7, 11) is 1.80. The largest absolute Gasteiger partial charge is 0.381 e. The number of amides is 1. The first-order valence-electron chi connectivity index (χ1n) is 10.6. The number of ether oxygens (including phenoxy) is 1. The highest BCUT2D eigenvalue weighted by atomic mass is 32.1. The minimum absolute atomic E-state index is 0.0524. The molecule has 1 N–H and O–H groups in total. The Hall–Kier alpha value is -1.46. The van der Waals surface area contributed by atoms with Crippen molar-refractivity contribution in [1.82, 2.24) is 10.2 Å². The molecule has 2 spiro atoms. The highest BCUT2D eigenvalue weighted by Crippen LogP contribution is 2.60. The van der Waals surface area contributed by atoms with Crippen LogP contribution in [0.15, 0.2) is 18.2 Å². The number of hydrogen-bond acceptors (Lipinski definition) is 3. The lowest BCUT2D eigenvalue weighted by atomic mass is 9.61. The van der Waals surface area contributed by atoms with Crippen molar-refractivity contribution in [3.63, 3.8) is 0 Å². The van der Waals surface area contributed by atoms with Crippen LogP contribution in [0.25, 0.3) is 0 Å². The summed E-state index contributed by atoms with van der Waals surface area (Å²) in [5.41, 5.74) is 2.88. The number of carbonyl (C=O) groups is 1. The zero-order valence-electron chi connectivity index (χ0n) is 17.7. The van der Waals surface area contributed by atoms with Crippen LogP contribution in [0.4, 0.5) is 0 Å². The van der Waals surface area contributed by atoms with Gasteiger partial charge in [0.2, 0.25) is 0 Å². The van der Waals surface area contributed by atoms with Crippen LogP contribution in [-0.4, -0.2) is 35.2 Å². The summed E-state index contributed by atoms with van der Waals surface area (Å²) in [5, 5.41) is 4.17. The van der Waals surface area contributed by atoms with E-state index in [1.165, 1.54) is 11.1 Å². The number of fused-ring (bicyclic) bond motifs is 3. The zero-order chi connectivity index (χ0) is 20.3. The standard InChI is InChI=1S/C23H32N2O2S/c1-14(2)16-6-7-17-13-22(10-8-18(27-5)9-11-22)23(19(17)12-16)20(26)25(15(3)4)21(28)24-23/h6-7,12,14-15,18H,8-11,13H2,1-5H3,(H,24,28). The van der Waals surface area contributed by atoms with Crippen LogP contribution in [0.1, 0.15) is 76.0 Å². The first kappa shape index (κ1) is 19.8. The Balaban J connectivity index is 1.88. The average Bonchev–Trinajstić information content (AvgIpc) is 3.08. The Labute approximate surface area is 174 Å². The van der Waals surface area contributed by atoms with E-state index >= 15 is 0 Å². The molecule has 0 aromatic heterocycles. The number of nitrogens with zero attached hydrogens (tertiary/aromatic N) is 1. The topological polar surface area (TPSA) is 41.6 Å². The van der Waals surface area contributed by atoms with Crippen molar-refractivity contribution in [1.29, 1.82) is 0 Å². The molecule has 1 heterocycles. The van der Waals surface area contributed by atoms with E-state index in [2.05, 4.69) is 37.4 Å². The van der Waals surface area contributed by atoms with Crippen LogP contribution in [-0.2, 0) is 21.5 Å². The smallest absolute Gasteiger partial charge is 0.259 e. The van der Waals surface area contributed by atoms with Gasteiger partial charge in [-0.1, -0.05) is 32.0 Å².